The Morgan fingerprint density at radius 3 is 1.86 bits per heavy atom. The third-order valence-electron chi connectivity index (χ3n) is 2.15. The monoisotopic (exact) mass is 119 g/mol. The molecule has 42 valence electrons. The fraction of sp³-hybridized carbons (Fsp3) is 1.00. The van der Waals surface area contributed by atoms with Crippen molar-refractivity contribution in [1.29, 1.82) is 0 Å². The summed E-state index contributed by atoms with van der Waals surface area (Å²) in [5, 5.41) is 0. The number of halogens is 1. The third kappa shape index (κ3) is 0.556. The minimum atomic E-state index is 0. The smallest absolute Gasteiger partial charge is 0.0102 e. The largest absolute Gasteiger partial charge is 0.327 e. The van der Waals surface area contributed by atoms with Gasteiger partial charge in [0.1, 0.15) is 0 Å². The summed E-state index contributed by atoms with van der Waals surface area (Å²) in [5.74, 6) is 0. The second-order valence-electron chi connectivity index (χ2n) is 2.67. The minimum Gasteiger partial charge on any atom is -0.327 e. The average Bonchev–Trinajstić information content (AvgIpc) is 2.25. The lowest BCUT2D eigenvalue weighted by molar-refractivity contribution is 0.825. The number of hydrogen-bond donors (Lipinski definition) is 1. The van der Waals surface area contributed by atoms with Gasteiger partial charge < -0.3 is 5.73 Å². The fourth-order valence-corrected chi connectivity index (χ4v) is 1.11. The van der Waals surface area contributed by atoms with Gasteiger partial charge in [-0.25, -0.2) is 0 Å². The summed E-state index contributed by atoms with van der Waals surface area (Å²) in [6.45, 7) is 0. The molecular weight excluding hydrogens is 110 g/mol. The van der Waals surface area contributed by atoms with Crippen molar-refractivity contribution in [2.75, 3.05) is 0 Å². The van der Waals surface area contributed by atoms with Gasteiger partial charge in [-0.05, 0) is 24.7 Å². The molecule has 1 nitrogen and oxygen atoms in total. The summed E-state index contributed by atoms with van der Waals surface area (Å²) in [7, 11) is 0. The molecule has 0 aromatic rings. The summed E-state index contributed by atoms with van der Waals surface area (Å²) < 4.78 is 0. The van der Waals surface area contributed by atoms with Gasteiger partial charge in [-0.15, -0.1) is 12.4 Å². The highest BCUT2D eigenvalue weighted by molar-refractivity contribution is 5.85. The second kappa shape index (κ2) is 1.15. The normalized spacial score (nSPS) is 39.9. The van der Waals surface area contributed by atoms with Crippen LogP contribution in [0.15, 0.2) is 0 Å². The molecule has 0 heterocycles. The van der Waals surface area contributed by atoms with Gasteiger partial charge in [0.25, 0.3) is 0 Å². The zero-order chi connectivity index (χ0) is 4.20. The van der Waals surface area contributed by atoms with Gasteiger partial charge in [0.15, 0.2) is 0 Å². The molecule has 0 bridgehead atoms. The Kier molecular flexibility index (Phi) is 0.884. The molecule has 0 unspecified atom stereocenters. The number of hydrogen-bond acceptors (Lipinski definition) is 1. The van der Waals surface area contributed by atoms with Crippen LogP contribution < -0.4 is 5.73 Å². The lowest BCUT2D eigenvalue weighted by Gasteiger charge is -1.73. The molecule has 0 saturated heterocycles. The van der Waals surface area contributed by atoms with Crippen molar-refractivity contribution in [3.05, 3.63) is 0 Å². The molecule has 0 radical (unpaired) electrons. The molecule has 0 amide bonds. The van der Waals surface area contributed by atoms with Gasteiger partial charge in [-0.1, -0.05) is 0 Å². The molecule has 2 aliphatic carbocycles. The van der Waals surface area contributed by atoms with E-state index in [-0.39, 0.29) is 12.4 Å². The maximum absolute atomic E-state index is 5.56. The van der Waals surface area contributed by atoms with E-state index < -0.39 is 0 Å². The number of rotatable bonds is 0. The molecule has 2 rings (SSSR count). The van der Waals surface area contributed by atoms with Crippen LogP contribution in [0.4, 0.5) is 0 Å². The van der Waals surface area contributed by atoms with Gasteiger partial charge in [0.2, 0.25) is 0 Å². The van der Waals surface area contributed by atoms with Crippen molar-refractivity contribution >= 4 is 12.4 Å². The van der Waals surface area contributed by atoms with E-state index in [9.17, 15) is 0 Å². The first-order valence-corrected chi connectivity index (χ1v) is 2.59. The highest BCUT2D eigenvalue weighted by atomic mass is 35.5. The Morgan fingerprint density at radius 2 is 1.86 bits per heavy atom. The van der Waals surface area contributed by atoms with Gasteiger partial charge in [0, 0.05) is 6.04 Å². The first-order chi connectivity index (χ1) is 2.83. The van der Waals surface area contributed by atoms with Crippen LogP contribution >= 0.6 is 12.4 Å². The van der Waals surface area contributed by atoms with Crippen molar-refractivity contribution < 1.29 is 0 Å². The summed E-state index contributed by atoms with van der Waals surface area (Å²) in [6.07, 6.45) is 4.18. The Morgan fingerprint density at radius 1 is 1.43 bits per heavy atom. The SMILES string of the molecule is Cl.N[C@H]1CC12CC2. The molecule has 7 heavy (non-hydrogen) atoms. The summed E-state index contributed by atoms with van der Waals surface area (Å²) in [6, 6.07) is 0.609. The second-order valence-corrected chi connectivity index (χ2v) is 2.67. The van der Waals surface area contributed by atoms with Crippen LogP contribution in [0.25, 0.3) is 0 Å². The van der Waals surface area contributed by atoms with Crippen LogP contribution in [0, 0.1) is 5.41 Å². The van der Waals surface area contributed by atoms with Crippen LogP contribution in [-0.4, -0.2) is 6.04 Å². The Balaban J connectivity index is 0.000000245. The van der Waals surface area contributed by atoms with E-state index in [0.29, 0.717) is 6.04 Å². The zero-order valence-electron chi connectivity index (χ0n) is 4.18. The average molecular weight is 120 g/mol. The first kappa shape index (κ1) is 5.39. The van der Waals surface area contributed by atoms with Crippen molar-refractivity contribution in [1.82, 2.24) is 0 Å². The van der Waals surface area contributed by atoms with Crippen LogP contribution in [0.5, 0.6) is 0 Å². The van der Waals surface area contributed by atoms with Crippen LogP contribution in [0.2, 0.25) is 0 Å². The summed E-state index contributed by atoms with van der Waals surface area (Å²) in [5.41, 5.74) is 6.30. The molecule has 1 atom stereocenters. The zero-order valence-corrected chi connectivity index (χ0v) is 5.00. The third-order valence-corrected chi connectivity index (χ3v) is 2.15. The Bertz CT molecular complexity index is 88.1. The van der Waals surface area contributed by atoms with E-state index in [2.05, 4.69) is 0 Å². The topological polar surface area (TPSA) is 26.0 Å². The van der Waals surface area contributed by atoms with Crippen LogP contribution in [0.1, 0.15) is 19.3 Å². The van der Waals surface area contributed by atoms with Crippen LogP contribution in [-0.2, 0) is 0 Å². The van der Waals surface area contributed by atoms with E-state index >= 15 is 0 Å². The molecule has 2 aliphatic rings. The molecule has 2 saturated carbocycles. The van der Waals surface area contributed by atoms with Crippen molar-refractivity contribution in [3.8, 4) is 0 Å². The van der Waals surface area contributed by atoms with E-state index in [1.165, 1.54) is 19.3 Å². The molecule has 0 aromatic heterocycles. The van der Waals surface area contributed by atoms with E-state index in [1.807, 2.05) is 0 Å². The summed E-state index contributed by atoms with van der Waals surface area (Å²) in [4.78, 5) is 0. The quantitative estimate of drug-likeness (QED) is 0.504. The van der Waals surface area contributed by atoms with Gasteiger partial charge >= 0.3 is 0 Å². The molecule has 2 fully saturated rings. The van der Waals surface area contributed by atoms with E-state index in [1.54, 1.807) is 0 Å². The highest BCUT2D eigenvalue weighted by Crippen LogP contribution is 2.64. The standard InChI is InChI=1S/C5H9N.ClH/c6-4-3-5(4)1-2-5;/h4H,1-3,6H2;1H/t4-;/m0./s1. The van der Waals surface area contributed by atoms with E-state index in [0.717, 1.165) is 5.41 Å². The lowest BCUT2D eigenvalue weighted by atomic mass is 10.4. The predicted molar refractivity (Wildman–Crippen MR) is 31.5 cm³/mol. The maximum atomic E-state index is 5.56. The predicted octanol–water partition coefficient (Wildman–Crippen LogP) is 0.919. The van der Waals surface area contributed by atoms with Gasteiger partial charge in [-0.2, -0.15) is 0 Å². The van der Waals surface area contributed by atoms with Gasteiger partial charge in [0.05, 0.1) is 0 Å². The molecule has 2 heteroatoms. The van der Waals surface area contributed by atoms with Crippen LogP contribution in [0.3, 0.4) is 0 Å². The molecule has 0 aliphatic heterocycles. The highest BCUT2D eigenvalue weighted by Gasteiger charge is 2.60. The first-order valence-electron chi connectivity index (χ1n) is 2.59. The fourth-order valence-electron chi connectivity index (χ4n) is 1.11. The molecular formula is C5H10ClN. The number of nitrogens with two attached hydrogens (primary N) is 1. The maximum Gasteiger partial charge on any atom is 0.0102 e. The summed E-state index contributed by atoms with van der Waals surface area (Å²) >= 11 is 0. The van der Waals surface area contributed by atoms with Crippen molar-refractivity contribution in [3.63, 3.8) is 0 Å². The minimum absolute atomic E-state index is 0. The van der Waals surface area contributed by atoms with E-state index in [4.69, 9.17) is 5.73 Å². The molecule has 1 spiro atoms. The van der Waals surface area contributed by atoms with Crippen molar-refractivity contribution in [2.45, 2.75) is 25.3 Å². The molecule has 0 aromatic carbocycles. The molecule has 2 N–H and O–H groups in total. The van der Waals surface area contributed by atoms with Crippen molar-refractivity contribution in [2.24, 2.45) is 11.1 Å². The van der Waals surface area contributed by atoms with Gasteiger partial charge in [-0.3, -0.25) is 0 Å². The lowest BCUT2D eigenvalue weighted by Crippen LogP contribution is -2.00. The Hall–Kier alpha value is 0.250. The Labute approximate surface area is 49.7 Å².